The maximum atomic E-state index is 11.0. The van der Waals surface area contributed by atoms with Gasteiger partial charge in [0.25, 0.3) is 11.8 Å². The highest BCUT2D eigenvalue weighted by Crippen LogP contribution is 2.12. The Morgan fingerprint density at radius 3 is 2.55 bits per heavy atom. The average molecular weight is 153 g/mol. The molecule has 0 aromatic carbocycles. The molecule has 0 aromatic rings. The van der Waals surface area contributed by atoms with E-state index in [-0.39, 0.29) is 5.57 Å². The summed E-state index contributed by atoms with van der Waals surface area (Å²) in [6, 6.07) is 0. The van der Waals surface area contributed by atoms with Gasteiger partial charge in [-0.2, -0.15) is 0 Å². The van der Waals surface area contributed by atoms with Crippen molar-refractivity contribution in [3.05, 3.63) is 24.3 Å². The first kappa shape index (κ1) is 7.68. The van der Waals surface area contributed by atoms with Crippen molar-refractivity contribution >= 4 is 11.8 Å². The third-order valence-corrected chi connectivity index (χ3v) is 1.31. The SMILES string of the molecule is C=CC1=CC(=O)N(OC)C1=O. The summed E-state index contributed by atoms with van der Waals surface area (Å²) in [6.45, 7) is 3.37. The standard InChI is InChI=1S/C7H7NO3/c1-3-5-4-6(9)8(11-2)7(5)10/h3-4H,1H2,2H3. The minimum atomic E-state index is -0.465. The van der Waals surface area contributed by atoms with Gasteiger partial charge in [-0.3, -0.25) is 14.4 Å². The number of carbonyl (C=O) groups excluding carboxylic acids is 2. The lowest BCUT2D eigenvalue weighted by Crippen LogP contribution is -2.29. The fourth-order valence-corrected chi connectivity index (χ4v) is 0.790. The summed E-state index contributed by atoms with van der Waals surface area (Å²) >= 11 is 0. The van der Waals surface area contributed by atoms with Gasteiger partial charge in [0.05, 0.1) is 7.11 Å². The van der Waals surface area contributed by atoms with Crippen LogP contribution in [0.15, 0.2) is 24.3 Å². The lowest BCUT2D eigenvalue weighted by molar-refractivity contribution is -0.177. The summed E-state index contributed by atoms with van der Waals surface area (Å²) in [7, 11) is 1.26. The predicted octanol–water partition coefficient (Wildman–Crippen LogP) is 0.0290. The molecule has 4 heteroatoms. The number of hydroxylamine groups is 2. The van der Waals surface area contributed by atoms with E-state index in [2.05, 4.69) is 11.4 Å². The van der Waals surface area contributed by atoms with Gasteiger partial charge in [0.15, 0.2) is 0 Å². The van der Waals surface area contributed by atoms with Gasteiger partial charge in [-0.1, -0.05) is 12.7 Å². The van der Waals surface area contributed by atoms with E-state index in [1.54, 1.807) is 0 Å². The number of hydrogen-bond acceptors (Lipinski definition) is 3. The van der Waals surface area contributed by atoms with E-state index in [0.29, 0.717) is 5.06 Å². The first-order chi connectivity index (χ1) is 5.20. The van der Waals surface area contributed by atoms with Gasteiger partial charge in [0.1, 0.15) is 0 Å². The van der Waals surface area contributed by atoms with Gasteiger partial charge >= 0.3 is 0 Å². The van der Waals surface area contributed by atoms with Crippen LogP contribution >= 0.6 is 0 Å². The van der Waals surface area contributed by atoms with E-state index in [1.807, 2.05) is 0 Å². The number of hydrogen-bond donors (Lipinski definition) is 0. The maximum Gasteiger partial charge on any atom is 0.285 e. The molecule has 1 aliphatic heterocycles. The molecule has 0 N–H and O–H groups in total. The highest BCUT2D eigenvalue weighted by Gasteiger charge is 2.29. The molecule has 0 spiro atoms. The molecule has 1 rings (SSSR count). The number of imide groups is 1. The van der Waals surface area contributed by atoms with Crippen LogP contribution in [0.2, 0.25) is 0 Å². The Balaban J connectivity index is 2.92. The zero-order valence-corrected chi connectivity index (χ0v) is 6.03. The first-order valence-electron chi connectivity index (χ1n) is 2.97. The number of carbonyl (C=O) groups is 2. The van der Waals surface area contributed by atoms with Gasteiger partial charge in [0, 0.05) is 11.6 Å². The molecule has 0 atom stereocenters. The predicted molar refractivity (Wildman–Crippen MR) is 37.1 cm³/mol. The maximum absolute atomic E-state index is 11.0. The molecule has 4 nitrogen and oxygen atoms in total. The normalized spacial score (nSPS) is 17.2. The van der Waals surface area contributed by atoms with Gasteiger partial charge in [0.2, 0.25) is 0 Å². The van der Waals surface area contributed by atoms with Crippen LogP contribution in [0.1, 0.15) is 0 Å². The van der Waals surface area contributed by atoms with Crippen molar-refractivity contribution in [2.45, 2.75) is 0 Å². The van der Waals surface area contributed by atoms with E-state index < -0.39 is 11.8 Å². The molecule has 0 radical (unpaired) electrons. The molecule has 0 aromatic heterocycles. The average Bonchev–Trinajstić information content (AvgIpc) is 2.26. The van der Waals surface area contributed by atoms with Crippen LogP contribution in [0.5, 0.6) is 0 Å². The van der Waals surface area contributed by atoms with Crippen LogP contribution in [0.25, 0.3) is 0 Å². The number of rotatable bonds is 2. The Hall–Kier alpha value is -1.42. The van der Waals surface area contributed by atoms with Crippen molar-refractivity contribution in [2.75, 3.05) is 7.11 Å². The Morgan fingerprint density at radius 2 is 2.27 bits per heavy atom. The second kappa shape index (κ2) is 2.67. The van der Waals surface area contributed by atoms with Gasteiger partial charge in [-0.05, 0) is 0 Å². The molecule has 0 saturated heterocycles. The summed E-state index contributed by atoms with van der Waals surface area (Å²) < 4.78 is 0. The quantitative estimate of drug-likeness (QED) is 0.526. The molecule has 0 unspecified atom stereocenters. The van der Waals surface area contributed by atoms with E-state index in [0.717, 1.165) is 0 Å². The van der Waals surface area contributed by atoms with Gasteiger partial charge < -0.3 is 0 Å². The van der Waals surface area contributed by atoms with Crippen LogP contribution in [0, 0.1) is 0 Å². The number of amides is 2. The fourth-order valence-electron chi connectivity index (χ4n) is 0.790. The molecule has 0 bridgehead atoms. The highest BCUT2D eigenvalue weighted by molar-refractivity contribution is 6.16. The monoisotopic (exact) mass is 153 g/mol. The zero-order valence-electron chi connectivity index (χ0n) is 6.03. The third-order valence-electron chi connectivity index (χ3n) is 1.31. The summed E-state index contributed by atoms with van der Waals surface area (Å²) in [6.07, 6.45) is 2.50. The van der Waals surface area contributed by atoms with E-state index in [1.165, 1.54) is 19.3 Å². The molecule has 58 valence electrons. The van der Waals surface area contributed by atoms with E-state index in [4.69, 9.17) is 0 Å². The van der Waals surface area contributed by atoms with Crippen LogP contribution in [-0.2, 0) is 14.4 Å². The fraction of sp³-hybridized carbons (Fsp3) is 0.143. The van der Waals surface area contributed by atoms with Crippen LogP contribution in [0.4, 0.5) is 0 Å². The Kier molecular flexibility index (Phi) is 1.87. The molecule has 11 heavy (non-hydrogen) atoms. The smallest absolute Gasteiger partial charge is 0.267 e. The van der Waals surface area contributed by atoms with Crippen molar-refractivity contribution in [2.24, 2.45) is 0 Å². The summed E-state index contributed by atoms with van der Waals surface area (Å²) in [5.41, 5.74) is 0.261. The van der Waals surface area contributed by atoms with Gasteiger partial charge in [-0.15, -0.1) is 5.06 Å². The van der Waals surface area contributed by atoms with E-state index in [9.17, 15) is 9.59 Å². The topological polar surface area (TPSA) is 46.6 Å². The highest BCUT2D eigenvalue weighted by atomic mass is 16.7. The van der Waals surface area contributed by atoms with Crippen LogP contribution < -0.4 is 0 Å². The molecule has 1 aliphatic rings. The molecule has 0 saturated carbocycles. The molecule has 0 fully saturated rings. The Morgan fingerprint density at radius 1 is 1.64 bits per heavy atom. The lowest BCUT2D eigenvalue weighted by atomic mass is 10.3. The second-order valence-electron chi connectivity index (χ2n) is 1.92. The molecular weight excluding hydrogens is 146 g/mol. The number of nitrogens with zero attached hydrogens (tertiary/aromatic N) is 1. The Bertz CT molecular complexity index is 254. The molecule has 0 aliphatic carbocycles. The summed E-state index contributed by atoms with van der Waals surface area (Å²) in [5, 5.41) is 0.678. The van der Waals surface area contributed by atoms with Crippen molar-refractivity contribution in [3.63, 3.8) is 0 Å². The van der Waals surface area contributed by atoms with E-state index >= 15 is 0 Å². The minimum absolute atomic E-state index is 0.261. The second-order valence-corrected chi connectivity index (χ2v) is 1.92. The van der Waals surface area contributed by atoms with Crippen molar-refractivity contribution in [1.82, 2.24) is 5.06 Å². The van der Waals surface area contributed by atoms with Crippen LogP contribution in [-0.4, -0.2) is 24.0 Å². The lowest BCUT2D eigenvalue weighted by Gasteiger charge is -2.08. The first-order valence-corrected chi connectivity index (χ1v) is 2.97. The summed E-state index contributed by atoms with van der Waals surface area (Å²) in [4.78, 5) is 26.4. The van der Waals surface area contributed by atoms with Gasteiger partial charge in [-0.25, -0.2) is 0 Å². The largest absolute Gasteiger partial charge is 0.285 e. The molecule has 2 amide bonds. The van der Waals surface area contributed by atoms with Crippen molar-refractivity contribution < 1.29 is 14.4 Å². The van der Waals surface area contributed by atoms with Crippen molar-refractivity contribution in [3.8, 4) is 0 Å². The van der Waals surface area contributed by atoms with Crippen LogP contribution in [0.3, 0.4) is 0 Å². The zero-order chi connectivity index (χ0) is 8.43. The Labute approximate surface area is 63.7 Å². The molecule has 1 heterocycles. The van der Waals surface area contributed by atoms with Crippen molar-refractivity contribution in [1.29, 1.82) is 0 Å². The minimum Gasteiger partial charge on any atom is -0.267 e. The third kappa shape index (κ3) is 1.08. The summed E-state index contributed by atoms with van der Waals surface area (Å²) in [5.74, 6) is -0.931. The molecular formula is C7H7NO3.